The molecule has 6 N–H and O–H groups in total. The van der Waals surface area contributed by atoms with Crippen molar-refractivity contribution in [3.8, 4) is 11.1 Å². The number of hydrogen-bond acceptors (Lipinski definition) is 7. The molecule has 7 rings (SSSR count). The highest BCUT2D eigenvalue weighted by Gasteiger charge is 2.57. The van der Waals surface area contributed by atoms with Gasteiger partial charge in [0, 0.05) is 31.1 Å². The molecule has 2 aromatic carbocycles. The highest BCUT2D eigenvalue weighted by molar-refractivity contribution is 6.55. The molecule has 4 aliphatic carbocycles. The Balaban J connectivity index is 0.978. The van der Waals surface area contributed by atoms with Crippen molar-refractivity contribution in [3.05, 3.63) is 59.7 Å². The van der Waals surface area contributed by atoms with Gasteiger partial charge in [0.05, 0.1) is 13.1 Å². The largest absolute Gasteiger partial charge is 0.431 e. The molecule has 5 fully saturated rings. The van der Waals surface area contributed by atoms with E-state index >= 15 is 0 Å². The van der Waals surface area contributed by atoms with E-state index in [1.165, 1.54) is 12.0 Å². The summed E-state index contributed by atoms with van der Waals surface area (Å²) in [4.78, 5) is 78.6. The number of aryl methyl sites for hydroxylation is 1. The molecular weight excluding hydrogens is 759 g/mol. The van der Waals surface area contributed by atoms with Crippen molar-refractivity contribution < 1.29 is 33.4 Å². The Bertz CT molecular complexity index is 1830. The minimum absolute atomic E-state index is 0.0199. The zero-order chi connectivity index (χ0) is 42.8. The van der Waals surface area contributed by atoms with Gasteiger partial charge < -0.3 is 36.6 Å². The number of carbonyl (C=O) groups is 6. The molecule has 1 heterocycles. The van der Waals surface area contributed by atoms with Gasteiger partial charge in [-0.3, -0.25) is 28.8 Å². The SMILES string of the molecule is CCCCc1ccc(-c2ccc(C(=O)NCC(=O)NC3CCC(=O)NCCCCC(C(=O)NCB(OC4CC5CC(C4C)C5(C)C)C4CC4)NC(=O)CNC3=O)cc2)cc1. The Morgan fingerprint density at radius 1 is 0.867 bits per heavy atom. The van der Waals surface area contributed by atoms with Crippen molar-refractivity contribution in [1.29, 1.82) is 0 Å². The summed E-state index contributed by atoms with van der Waals surface area (Å²) in [5, 5.41) is 16.4. The Morgan fingerprint density at radius 2 is 1.58 bits per heavy atom. The van der Waals surface area contributed by atoms with Gasteiger partial charge in [0.15, 0.2) is 0 Å². The smallest absolute Gasteiger partial charge is 0.315 e. The summed E-state index contributed by atoms with van der Waals surface area (Å²) in [5.41, 5.74) is 4.02. The molecule has 0 radical (unpaired) electrons. The number of benzene rings is 2. The van der Waals surface area contributed by atoms with Gasteiger partial charge in [-0.2, -0.15) is 0 Å². The Hall–Kier alpha value is -4.72. The quantitative estimate of drug-likeness (QED) is 0.152. The van der Waals surface area contributed by atoms with Crippen LogP contribution < -0.4 is 31.9 Å². The molecule has 5 aliphatic rings. The molecule has 0 spiro atoms. The topological polar surface area (TPSA) is 184 Å². The second-order valence-electron chi connectivity index (χ2n) is 18.2. The van der Waals surface area contributed by atoms with Crippen LogP contribution in [0.1, 0.15) is 114 Å². The van der Waals surface area contributed by atoms with Crippen molar-refractivity contribution in [2.45, 2.75) is 129 Å². The standard InChI is InChI=1S/C46H65BN6O7/c1-5-6-9-30-11-13-31(14-12-30)32-15-17-33(18-16-32)43(57)49-26-41(55)53-38-21-22-40(54)48-23-8-7-10-37(52-42(56)27-50-44(38)58)45(59)51-28-47(35-19-20-35)60-39-25-34-24-36(29(39)2)46(34,3)4/h11-18,29,34-39H,5-10,19-28H2,1-4H3,(H,48,54)(H,49,57)(H,50,58)(H,51,59)(H,52,56)(H,53,55). The van der Waals surface area contributed by atoms with Crippen LogP contribution >= 0.6 is 0 Å². The molecule has 6 atom stereocenters. The van der Waals surface area contributed by atoms with E-state index in [-0.39, 0.29) is 37.7 Å². The number of amides is 6. The van der Waals surface area contributed by atoms with Gasteiger partial charge in [0.2, 0.25) is 29.5 Å². The van der Waals surface area contributed by atoms with Crippen molar-refractivity contribution in [3.63, 3.8) is 0 Å². The summed E-state index contributed by atoms with van der Waals surface area (Å²) in [6.45, 7) is 8.66. The fraction of sp³-hybridized carbons (Fsp3) is 0.609. The molecule has 60 heavy (non-hydrogen) atoms. The molecular formula is C46H65BN6O7. The third-order valence-corrected chi connectivity index (χ3v) is 13.6. The first kappa shape index (κ1) is 44.8. The van der Waals surface area contributed by atoms with Crippen LogP contribution in [0.25, 0.3) is 11.1 Å². The number of carbonyl (C=O) groups excluding carboxylic acids is 6. The van der Waals surface area contributed by atoms with Gasteiger partial charge in [-0.05, 0) is 109 Å². The fourth-order valence-corrected chi connectivity index (χ4v) is 9.33. The van der Waals surface area contributed by atoms with E-state index < -0.39 is 48.8 Å². The molecule has 1 aliphatic heterocycles. The molecule has 0 aromatic heterocycles. The third-order valence-electron chi connectivity index (χ3n) is 13.6. The van der Waals surface area contributed by atoms with Crippen LogP contribution in [0, 0.1) is 23.2 Å². The Labute approximate surface area is 355 Å². The monoisotopic (exact) mass is 825 g/mol. The van der Waals surface area contributed by atoms with Crippen LogP contribution in [0.2, 0.25) is 5.82 Å². The number of fused-ring (bicyclic) bond motifs is 2. The van der Waals surface area contributed by atoms with Crippen LogP contribution in [0.5, 0.6) is 0 Å². The van der Waals surface area contributed by atoms with E-state index in [0.717, 1.165) is 49.7 Å². The normalized spacial score (nSPS) is 25.8. The molecule has 6 amide bonds. The first-order valence-electron chi connectivity index (χ1n) is 22.4. The fourth-order valence-electron chi connectivity index (χ4n) is 9.33. The third kappa shape index (κ3) is 12.0. The molecule has 324 valence electrons. The zero-order valence-electron chi connectivity index (χ0n) is 35.9. The lowest BCUT2D eigenvalue weighted by atomic mass is 9.45. The van der Waals surface area contributed by atoms with E-state index in [9.17, 15) is 28.8 Å². The Morgan fingerprint density at radius 3 is 2.25 bits per heavy atom. The van der Waals surface area contributed by atoms with E-state index in [1.54, 1.807) is 12.1 Å². The van der Waals surface area contributed by atoms with Crippen LogP contribution in [0.15, 0.2) is 48.5 Å². The van der Waals surface area contributed by atoms with Gasteiger partial charge in [0.1, 0.15) is 12.1 Å². The first-order chi connectivity index (χ1) is 28.8. The minimum atomic E-state index is -1.15. The van der Waals surface area contributed by atoms with Gasteiger partial charge in [0.25, 0.3) is 5.91 Å². The van der Waals surface area contributed by atoms with Gasteiger partial charge in [-0.15, -0.1) is 0 Å². The first-order valence-corrected chi connectivity index (χ1v) is 22.4. The molecule has 2 aromatic rings. The van der Waals surface area contributed by atoms with E-state index in [2.05, 4.69) is 83.9 Å². The summed E-state index contributed by atoms with van der Waals surface area (Å²) >= 11 is 0. The van der Waals surface area contributed by atoms with Crippen LogP contribution in [-0.4, -0.2) is 86.6 Å². The van der Waals surface area contributed by atoms with Gasteiger partial charge in [-0.25, -0.2) is 0 Å². The molecule has 6 unspecified atom stereocenters. The van der Waals surface area contributed by atoms with Crippen molar-refractivity contribution in [2.24, 2.45) is 23.2 Å². The van der Waals surface area contributed by atoms with E-state index in [1.807, 2.05) is 12.1 Å². The summed E-state index contributed by atoms with van der Waals surface area (Å²) < 4.78 is 6.72. The van der Waals surface area contributed by atoms with Crippen molar-refractivity contribution in [1.82, 2.24) is 31.9 Å². The highest BCUT2D eigenvalue weighted by Crippen LogP contribution is 2.62. The zero-order valence-corrected chi connectivity index (χ0v) is 35.9. The lowest BCUT2D eigenvalue weighted by molar-refractivity contribution is -0.148. The average molecular weight is 825 g/mol. The van der Waals surface area contributed by atoms with E-state index in [0.29, 0.717) is 66.8 Å². The van der Waals surface area contributed by atoms with Gasteiger partial charge in [-0.1, -0.05) is 83.4 Å². The van der Waals surface area contributed by atoms with Crippen molar-refractivity contribution >= 4 is 42.4 Å². The summed E-state index contributed by atoms with van der Waals surface area (Å²) in [7, 11) is 0. The van der Waals surface area contributed by atoms with Crippen LogP contribution in [-0.2, 0) is 35.0 Å². The average Bonchev–Trinajstić information content (AvgIpc) is 4.09. The number of nitrogens with one attached hydrogen (secondary N) is 6. The Kier molecular flexibility index (Phi) is 15.5. The summed E-state index contributed by atoms with van der Waals surface area (Å²) in [6, 6.07) is 13.5. The summed E-state index contributed by atoms with van der Waals surface area (Å²) in [5.74, 6) is -0.689. The molecule has 13 nitrogen and oxygen atoms in total. The second kappa shape index (κ2) is 20.7. The van der Waals surface area contributed by atoms with Gasteiger partial charge >= 0.3 is 6.92 Å². The highest BCUT2D eigenvalue weighted by atomic mass is 16.4. The lowest BCUT2D eigenvalue weighted by Gasteiger charge is -2.62. The molecule has 4 saturated carbocycles. The maximum absolute atomic E-state index is 13.6. The molecule has 14 heteroatoms. The maximum atomic E-state index is 13.6. The minimum Gasteiger partial charge on any atom is -0.431 e. The predicted molar refractivity (Wildman–Crippen MR) is 232 cm³/mol. The second-order valence-corrected chi connectivity index (χ2v) is 18.2. The number of rotatable bonds is 14. The predicted octanol–water partition coefficient (Wildman–Crippen LogP) is 4.49. The van der Waals surface area contributed by atoms with Crippen LogP contribution in [0.4, 0.5) is 0 Å². The van der Waals surface area contributed by atoms with Crippen LogP contribution in [0.3, 0.4) is 0 Å². The van der Waals surface area contributed by atoms with E-state index in [4.69, 9.17) is 4.65 Å². The molecule has 2 bridgehead atoms. The maximum Gasteiger partial charge on any atom is 0.315 e. The lowest BCUT2D eigenvalue weighted by Crippen LogP contribution is -2.58. The number of hydrogen-bond donors (Lipinski definition) is 6. The number of unbranched alkanes of at least 4 members (excludes halogenated alkanes) is 1. The van der Waals surface area contributed by atoms with Crippen molar-refractivity contribution in [2.75, 3.05) is 26.1 Å². The molecule has 1 saturated heterocycles. The summed E-state index contributed by atoms with van der Waals surface area (Å²) in [6.07, 6.45) is 9.80.